The van der Waals surface area contributed by atoms with Crippen LogP contribution in [0.4, 0.5) is 0 Å². The van der Waals surface area contributed by atoms with Crippen LogP contribution in [0.1, 0.15) is 43.9 Å². The Morgan fingerprint density at radius 2 is 1.69 bits per heavy atom. The van der Waals surface area contributed by atoms with Crippen LogP contribution in [0.25, 0.3) is 0 Å². The highest BCUT2D eigenvalue weighted by Gasteiger charge is 2.08. The molecule has 1 rings (SSSR count). The van der Waals surface area contributed by atoms with E-state index in [1.807, 2.05) is 6.92 Å². The second kappa shape index (κ2) is 5.66. The van der Waals surface area contributed by atoms with Gasteiger partial charge in [0, 0.05) is 0 Å². The predicted octanol–water partition coefficient (Wildman–Crippen LogP) is 1.95. The highest BCUT2D eigenvalue weighted by molar-refractivity contribution is 5.78. The van der Waals surface area contributed by atoms with E-state index in [0.717, 1.165) is 5.56 Å². The highest BCUT2D eigenvalue weighted by atomic mass is 16.1. The van der Waals surface area contributed by atoms with Crippen LogP contribution in [-0.4, -0.2) is 12.5 Å². The summed E-state index contributed by atoms with van der Waals surface area (Å²) in [6.45, 7) is 6.32. The van der Waals surface area contributed by atoms with E-state index in [4.69, 9.17) is 5.73 Å². The number of benzene rings is 1. The van der Waals surface area contributed by atoms with Crippen molar-refractivity contribution in [3.63, 3.8) is 0 Å². The molecule has 0 heterocycles. The highest BCUT2D eigenvalue weighted by Crippen LogP contribution is 2.18. The lowest BCUT2D eigenvalue weighted by atomic mass is 9.99. The minimum Gasteiger partial charge on any atom is -0.348 e. The fourth-order valence-electron chi connectivity index (χ4n) is 1.55. The summed E-state index contributed by atoms with van der Waals surface area (Å²) in [5.41, 5.74) is 7.66. The van der Waals surface area contributed by atoms with Crippen LogP contribution in [0.2, 0.25) is 0 Å². The van der Waals surface area contributed by atoms with Gasteiger partial charge in [0.15, 0.2) is 0 Å². The lowest BCUT2D eigenvalue weighted by Crippen LogP contribution is -2.32. The summed E-state index contributed by atoms with van der Waals surface area (Å²) in [5, 5.41) is 2.83. The molecule has 0 bridgehead atoms. The van der Waals surface area contributed by atoms with Gasteiger partial charge in [0.05, 0.1) is 12.6 Å². The summed E-state index contributed by atoms with van der Waals surface area (Å²) >= 11 is 0. The SMILES string of the molecule is CC(C)c1ccc(C(C)NC(=O)CN)cc1. The summed E-state index contributed by atoms with van der Waals surface area (Å²) in [5.74, 6) is 0.406. The minimum absolute atomic E-state index is 0.0114. The van der Waals surface area contributed by atoms with Crippen molar-refractivity contribution in [2.24, 2.45) is 5.73 Å². The van der Waals surface area contributed by atoms with E-state index in [9.17, 15) is 4.79 Å². The molecule has 1 atom stereocenters. The van der Waals surface area contributed by atoms with E-state index in [1.54, 1.807) is 0 Å². The molecule has 0 saturated heterocycles. The van der Waals surface area contributed by atoms with Crippen LogP contribution in [0, 0.1) is 0 Å². The molecule has 0 fully saturated rings. The topological polar surface area (TPSA) is 55.1 Å². The average Bonchev–Trinajstić information content (AvgIpc) is 2.28. The molecule has 0 aromatic heterocycles. The second-order valence-electron chi connectivity index (χ2n) is 4.31. The van der Waals surface area contributed by atoms with Gasteiger partial charge in [0.1, 0.15) is 0 Å². The van der Waals surface area contributed by atoms with Crippen molar-refractivity contribution in [2.45, 2.75) is 32.7 Å². The number of amides is 1. The molecule has 0 aliphatic rings. The smallest absolute Gasteiger partial charge is 0.234 e. The van der Waals surface area contributed by atoms with E-state index >= 15 is 0 Å². The first-order chi connectivity index (χ1) is 7.54. The molecule has 88 valence electrons. The first kappa shape index (κ1) is 12.7. The molecule has 16 heavy (non-hydrogen) atoms. The molecule has 1 aromatic carbocycles. The number of hydrogen-bond donors (Lipinski definition) is 2. The molecule has 0 radical (unpaired) electrons. The van der Waals surface area contributed by atoms with E-state index < -0.39 is 0 Å². The van der Waals surface area contributed by atoms with Gasteiger partial charge in [0.2, 0.25) is 5.91 Å². The number of hydrogen-bond acceptors (Lipinski definition) is 2. The Bertz CT molecular complexity index is 343. The normalized spacial score (nSPS) is 12.6. The standard InChI is InChI=1S/C13H20N2O/c1-9(2)11-4-6-12(7-5-11)10(3)15-13(16)8-14/h4-7,9-10H,8,14H2,1-3H3,(H,15,16). The summed E-state index contributed by atoms with van der Waals surface area (Å²) in [6.07, 6.45) is 0. The molecular weight excluding hydrogens is 200 g/mol. The quantitative estimate of drug-likeness (QED) is 0.814. The van der Waals surface area contributed by atoms with Gasteiger partial charge in [-0.15, -0.1) is 0 Å². The van der Waals surface area contributed by atoms with E-state index in [-0.39, 0.29) is 18.5 Å². The number of nitrogens with two attached hydrogens (primary N) is 1. The van der Waals surface area contributed by atoms with Crippen molar-refractivity contribution in [3.05, 3.63) is 35.4 Å². The van der Waals surface area contributed by atoms with Crippen LogP contribution in [0.3, 0.4) is 0 Å². The zero-order valence-electron chi connectivity index (χ0n) is 10.2. The summed E-state index contributed by atoms with van der Waals surface area (Å²) in [4.78, 5) is 11.1. The molecule has 3 nitrogen and oxygen atoms in total. The fourth-order valence-corrected chi connectivity index (χ4v) is 1.55. The molecule has 1 unspecified atom stereocenters. The monoisotopic (exact) mass is 220 g/mol. The Balaban J connectivity index is 2.70. The minimum atomic E-state index is -0.125. The Morgan fingerprint density at radius 3 is 2.12 bits per heavy atom. The maximum Gasteiger partial charge on any atom is 0.234 e. The average molecular weight is 220 g/mol. The maximum atomic E-state index is 11.1. The van der Waals surface area contributed by atoms with Crippen LogP contribution in [-0.2, 0) is 4.79 Å². The molecule has 1 amide bonds. The van der Waals surface area contributed by atoms with Crippen molar-refractivity contribution >= 4 is 5.91 Å². The zero-order valence-corrected chi connectivity index (χ0v) is 10.2. The maximum absolute atomic E-state index is 11.1. The third-order valence-electron chi connectivity index (χ3n) is 2.67. The van der Waals surface area contributed by atoms with Crippen LogP contribution < -0.4 is 11.1 Å². The number of rotatable bonds is 4. The van der Waals surface area contributed by atoms with Gasteiger partial charge in [0.25, 0.3) is 0 Å². The van der Waals surface area contributed by atoms with E-state index in [1.165, 1.54) is 5.56 Å². The molecule has 3 N–H and O–H groups in total. The largest absolute Gasteiger partial charge is 0.348 e. The zero-order chi connectivity index (χ0) is 12.1. The third kappa shape index (κ3) is 3.35. The Morgan fingerprint density at radius 1 is 1.19 bits per heavy atom. The number of carbonyl (C=O) groups is 1. The lowest BCUT2D eigenvalue weighted by Gasteiger charge is -2.14. The van der Waals surface area contributed by atoms with Gasteiger partial charge in [-0.25, -0.2) is 0 Å². The van der Waals surface area contributed by atoms with Gasteiger partial charge in [-0.1, -0.05) is 38.1 Å². The molecule has 0 spiro atoms. The predicted molar refractivity (Wildman–Crippen MR) is 66.1 cm³/mol. The summed E-state index contributed by atoms with van der Waals surface area (Å²) in [6, 6.07) is 8.32. The first-order valence-electron chi connectivity index (χ1n) is 5.64. The van der Waals surface area contributed by atoms with E-state index in [0.29, 0.717) is 5.92 Å². The van der Waals surface area contributed by atoms with Gasteiger partial charge < -0.3 is 11.1 Å². The number of nitrogens with one attached hydrogen (secondary N) is 1. The van der Waals surface area contributed by atoms with Crippen LogP contribution >= 0.6 is 0 Å². The Hall–Kier alpha value is -1.35. The number of carbonyl (C=O) groups excluding carboxylic acids is 1. The van der Waals surface area contributed by atoms with E-state index in [2.05, 4.69) is 43.4 Å². The lowest BCUT2D eigenvalue weighted by molar-refractivity contribution is -0.120. The van der Waals surface area contributed by atoms with Crippen LogP contribution in [0.5, 0.6) is 0 Å². The molecule has 0 saturated carbocycles. The van der Waals surface area contributed by atoms with Gasteiger partial charge in [-0.2, -0.15) is 0 Å². The molecule has 0 aliphatic carbocycles. The van der Waals surface area contributed by atoms with Gasteiger partial charge in [-0.3, -0.25) is 4.79 Å². The van der Waals surface area contributed by atoms with Gasteiger partial charge >= 0.3 is 0 Å². The van der Waals surface area contributed by atoms with Crippen molar-refractivity contribution in [1.82, 2.24) is 5.32 Å². The third-order valence-corrected chi connectivity index (χ3v) is 2.67. The summed E-state index contributed by atoms with van der Waals surface area (Å²) < 4.78 is 0. The second-order valence-corrected chi connectivity index (χ2v) is 4.31. The Labute approximate surface area is 97.0 Å². The van der Waals surface area contributed by atoms with Crippen molar-refractivity contribution < 1.29 is 4.79 Å². The van der Waals surface area contributed by atoms with Crippen molar-refractivity contribution in [1.29, 1.82) is 0 Å². The van der Waals surface area contributed by atoms with Crippen LogP contribution in [0.15, 0.2) is 24.3 Å². The molecule has 0 aliphatic heterocycles. The fraction of sp³-hybridized carbons (Fsp3) is 0.462. The molecule has 3 heteroatoms. The van der Waals surface area contributed by atoms with Crippen molar-refractivity contribution in [3.8, 4) is 0 Å². The van der Waals surface area contributed by atoms with Gasteiger partial charge in [-0.05, 0) is 24.0 Å². The molecule has 1 aromatic rings. The van der Waals surface area contributed by atoms with Crippen molar-refractivity contribution in [2.75, 3.05) is 6.54 Å². The summed E-state index contributed by atoms with van der Waals surface area (Å²) in [7, 11) is 0. The Kier molecular flexibility index (Phi) is 4.50. The molecular formula is C13H20N2O. The first-order valence-corrected chi connectivity index (χ1v) is 5.64.